The van der Waals surface area contributed by atoms with E-state index in [2.05, 4.69) is 25.1 Å². The average molecular weight is 315 g/mol. The van der Waals surface area contributed by atoms with Crippen LogP contribution in [0.1, 0.15) is 12.0 Å². The van der Waals surface area contributed by atoms with Gasteiger partial charge in [-0.25, -0.2) is 18.7 Å². The fourth-order valence-corrected chi connectivity index (χ4v) is 3.26. The molecule has 1 unspecified atom stereocenters. The Labute approximate surface area is 131 Å². The third-order valence-corrected chi connectivity index (χ3v) is 4.26. The van der Waals surface area contributed by atoms with Crippen molar-refractivity contribution in [3.63, 3.8) is 0 Å². The second kappa shape index (κ2) is 5.57. The van der Waals surface area contributed by atoms with Gasteiger partial charge in [0.2, 0.25) is 0 Å². The van der Waals surface area contributed by atoms with Gasteiger partial charge in [-0.2, -0.15) is 5.10 Å². The molecule has 1 aliphatic rings. The molecular weight excluding hydrogens is 300 g/mol. The summed E-state index contributed by atoms with van der Waals surface area (Å²) in [6, 6.07) is 3.72. The molecule has 0 spiro atoms. The third-order valence-electron chi connectivity index (χ3n) is 4.26. The standard InChI is InChI=1S/C16H15F2N5/c17-12-4-11(5-13(18)6-12)3-10-1-2-23(8-10)16-14-7-21-22-15(14)19-9-20-16/h4-7,9-10H,1-3,8H2,(H,19,20,21,22). The maximum absolute atomic E-state index is 13.3. The van der Waals surface area contributed by atoms with E-state index in [1.54, 1.807) is 6.20 Å². The normalized spacial score (nSPS) is 18.0. The molecule has 2 aromatic heterocycles. The van der Waals surface area contributed by atoms with Crippen LogP contribution in [0.3, 0.4) is 0 Å². The van der Waals surface area contributed by atoms with E-state index in [-0.39, 0.29) is 0 Å². The minimum absolute atomic E-state index is 0.341. The molecule has 0 amide bonds. The van der Waals surface area contributed by atoms with E-state index in [1.165, 1.54) is 18.5 Å². The number of hydrogen-bond donors (Lipinski definition) is 1. The number of nitrogens with zero attached hydrogens (tertiary/aromatic N) is 4. The highest BCUT2D eigenvalue weighted by atomic mass is 19.1. The summed E-state index contributed by atoms with van der Waals surface area (Å²) in [6.07, 6.45) is 4.86. The maximum Gasteiger partial charge on any atom is 0.160 e. The Morgan fingerprint density at radius 3 is 2.83 bits per heavy atom. The number of aromatic amines is 1. The van der Waals surface area contributed by atoms with E-state index in [1.807, 2.05) is 0 Å². The predicted molar refractivity (Wildman–Crippen MR) is 82.1 cm³/mol. The number of benzene rings is 1. The third kappa shape index (κ3) is 2.74. The first-order chi connectivity index (χ1) is 11.2. The van der Waals surface area contributed by atoms with Crippen LogP contribution in [-0.2, 0) is 6.42 Å². The molecule has 5 nitrogen and oxygen atoms in total. The molecule has 0 bridgehead atoms. The maximum atomic E-state index is 13.3. The van der Waals surface area contributed by atoms with E-state index >= 15 is 0 Å². The lowest BCUT2D eigenvalue weighted by Gasteiger charge is -2.18. The molecule has 4 rings (SSSR count). The van der Waals surface area contributed by atoms with Crippen LogP contribution >= 0.6 is 0 Å². The molecule has 1 N–H and O–H groups in total. The summed E-state index contributed by atoms with van der Waals surface area (Å²) in [6.45, 7) is 1.66. The van der Waals surface area contributed by atoms with Crippen molar-refractivity contribution >= 4 is 16.9 Å². The number of hydrogen-bond acceptors (Lipinski definition) is 4. The van der Waals surface area contributed by atoms with Gasteiger partial charge in [0.1, 0.15) is 23.8 Å². The Morgan fingerprint density at radius 1 is 1.17 bits per heavy atom. The first kappa shape index (κ1) is 14.0. The fraction of sp³-hybridized carbons (Fsp3) is 0.312. The molecule has 1 aromatic carbocycles. The summed E-state index contributed by atoms with van der Waals surface area (Å²) in [5, 5.41) is 7.73. The topological polar surface area (TPSA) is 57.7 Å². The number of aromatic nitrogens is 4. The number of H-pyrrole nitrogens is 1. The van der Waals surface area contributed by atoms with Crippen molar-refractivity contribution in [2.75, 3.05) is 18.0 Å². The minimum Gasteiger partial charge on any atom is -0.356 e. The lowest BCUT2D eigenvalue weighted by molar-refractivity contribution is 0.558. The fourth-order valence-electron chi connectivity index (χ4n) is 3.26. The van der Waals surface area contributed by atoms with Gasteiger partial charge in [0.15, 0.2) is 5.65 Å². The Balaban J connectivity index is 1.52. The van der Waals surface area contributed by atoms with Gasteiger partial charge < -0.3 is 4.90 Å². The molecule has 7 heteroatoms. The van der Waals surface area contributed by atoms with Crippen molar-refractivity contribution in [1.29, 1.82) is 0 Å². The SMILES string of the molecule is Fc1cc(F)cc(CC2CCN(c3ncnc4[nH]ncc34)C2)c1. The van der Waals surface area contributed by atoms with Crippen molar-refractivity contribution in [3.05, 3.63) is 47.9 Å². The largest absolute Gasteiger partial charge is 0.356 e. The van der Waals surface area contributed by atoms with Crippen molar-refractivity contribution in [1.82, 2.24) is 20.2 Å². The zero-order valence-electron chi connectivity index (χ0n) is 12.3. The summed E-state index contributed by atoms with van der Waals surface area (Å²) >= 11 is 0. The second-order valence-electron chi connectivity index (χ2n) is 5.91. The summed E-state index contributed by atoms with van der Waals surface area (Å²) in [7, 11) is 0. The first-order valence-electron chi connectivity index (χ1n) is 7.53. The van der Waals surface area contributed by atoms with Gasteiger partial charge in [-0.05, 0) is 36.5 Å². The van der Waals surface area contributed by atoms with Crippen molar-refractivity contribution in [2.24, 2.45) is 5.92 Å². The van der Waals surface area contributed by atoms with Gasteiger partial charge >= 0.3 is 0 Å². The average Bonchev–Trinajstić information content (AvgIpc) is 3.14. The number of fused-ring (bicyclic) bond motifs is 1. The molecule has 23 heavy (non-hydrogen) atoms. The number of halogens is 2. The van der Waals surface area contributed by atoms with Crippen LogP contribution in [0.25, 0.3) is 11.0 Å². The van der Waals surface area contributed by atoms with E-state index in [4.69, 9.17) is 0 Å². The Hall–Kier alpha value is -2.57. The number of nitrogens with one attached hydrogen (secondary N) is 1. The Morgan fingerprint density at radius 2 is 2.00 bits per heavy atom. The van der Waals surface area contributed by atoms with Crippen LogP contribution in [-0.4, -0.2) is 33.3 Å². The van der Waals surface area contributed by atoms with E-state index < -0.39 is 11.6 Å². The van der Waals surface area contributed by atoms with Crippen LogP contribution < -0.4 is 4.90 Å². The van der Waals surface area contributed by atoms with Gasteiger partial charge in [0, 0.05) is 19.2 Å². The smallest absolute Gasteiger partial charge is 0.160 e. The highest BCUT2D eigenvalue weighted by Gasteiger charge is 2.25. The van der Waals surface area contributed by atoms with E-state index in [0.717, 1.165) is 36.8 Å². The summed E-state index contributed by atoms with van der Waals surface area (Å²) in [5.41, 5.74) is 1.41. The molecular formula is C16H15F2N5. The van der Waals surface area contributed by atoms with Gasteiger partial charge in [0.25, 0.3) is 0 Å². The Kier molecular flexibility index (Phi) is 3.40. The Bertz CT molecular complexity index is 827. The minimum atomic E-state index is -0.522. The van der Waals surface area contributed by atoms with Crippen LogP contribution in [0.4, 0.5) is 14.6 Å². The molecule has 1 aliphatic heterocycles. The number of rotatable bonds is 3. The van der Waals surface area contributed by atoms with Crippen LogP contribution in [0, 0.1) is 17.6 Å². The summed E-state index contributed by atoms with van der Waals surface area (Å²) in [4.78, 5) is 10.7. The lowest BCUT2D eigenvalue weighted by atomic mass is 9.98. The van der Waals surface area contributed by atoms with Crippen LogP contribution in [0.15, 0.2) is 30.7 Å². The molecule has 0 saturated carbocycles. The van der Waals surface area contributed by atoms with E-state index in [9.17, 15) is 8.78 Å². The monoisotopic (exact) mass is 315 g/mol. The highest BCUT2D eigenvalue weighted by Crippen LogP contribution is 2.28. The van der Waals surface area contributed by atoms with Gasteiger partial charge in [-0.15, -0.1) is 0 Å². The number of anilines is 1. The molecule has 1 fully saturated rings. The molecule has 0 radical (unpaired) electrons. The van der Waals surface area contributed by atoms with Gasteiger partial charge in [0.05, 0.1) is 11.6 Å². The van der Waals surface area contributed by atoms with Crippen molar-refractivity contribution in [2.45, 2.75) is 12.8 Å². The highest BCUT2D eigenvalue weighted by molar-refractivity contribution is 5.86. The van der Waals surface area contributed by atoms with Crippen LogP contribution in [0.2, 0.25) is 0 Å². The van der Waals surface area contributed by atoms with Gasteiger partial charge in [-0.3, -0.25) is 5.10 Å². The molecule has 118 valence electrons. The van der Waals surface area contributed by atoms with Crippen molar-refractivity contribution in [3.8, 4) is 0 Å². The molecule has 3 aromatic rings. The lowest BCUT2D eigenvalue weighted by Crippen LogP contribution is -2.21. The predicted octanol–water partition coefficient (Wildman–Crippen LogP) is 2.70. The van der Waals surface area contributed by atoms with Crippen LogP contribution in [0.5, 0.6) is 0 Å². The molecule has 0 aliphatic carbocycles. The van der Waals surface area contributed by atoms with E-state index in [0.29, 0.717) is 23.5 Å². The second-order valence-corrected chi connectivity index (χ2v) is 5.91. The zero-order chi connectivity index (χ0) is 15.8. The van der Waals surface area contributed by atoms with Crippen molar-refractivity contribution < 1.29 is 8.78 Å². The quantitative estimate of drug-likeness (QED) is 0.807. The first-order valence-corrected chi connectivity index (χ1v) is 7.53. The molecule has 3 heterocycles. The summed E-state index contributed by atoms with van der Waals surface area (Å²) in [5.74, 6) is 0.154. The summed E-state index contributed by atoms with van der Waals surface area (Å²) < 4.78 is 26.6. The molecule has 1 saturated heterocycles. The molecule has 1 atom stereocenters. The zero-order valence-corrected chi connectivity index (χ0v) is 12.3. The van der Waals surface area contributed by atoms with Gasteiger partial charge in [-0.1, -0.05) is 0 Å².